The van der Waals surface area contributed by atoms with Crippen molar-refractivity contribution in [1.29, 1.82) is 0 Å². The van der Waals surface area contributed by atoms with Gasteiger partial charge in [0.15, 0.2) is 12.1 Å². The lowest BCUT2D eigenvalue weighted by Crippen LogP contribution is -2.50. The largest absolute Gasteiger partial charge is 0.477 e. The molecule has 0 aliphatic rings. The van der Waals surface area contributed by atoms with Gasteiger partial charge in [-0.05, 0) is 77.0 Å². The van der Waals surface area contributed by atoms with Crippen LogP contribution in [0.15, 0.2) is 72.9 Å². The number of carboxylic acids is 1. The number of allylic oxidation sites excluding steroid dienone is 12. The zero-order valence-corrected chi connectivity index (χ0v) is 42.0. The molecule has 0 aromatic rings. The zero-order valence-electron chi connectivity index (χ0n) is 42.0. The molecule has 0 rings (SSSR count). The van der Waals surface area contributed by atoms with Crippen LogP contribution in [0.3, 0.4) is 0 Å². The molecule has 0 aliphatic heterocycles. The summed E-state index contributed by atoms with van der Waals surface area (Å²) in [5.41, 5.74) is 0. The number of ether oxygens (including phenoxy) is 3. The number of carboxylic acid groups (broad SMARTS) is 1. The summed E-state index contributed by atoms with van der Waals surface area (Å²) in [7, 11) is 5.51. The third kappa shape index (κ3) is 44.0. The highest BCUT2D eigenvalue weighted by Crippen LogP contribution is 2.15. The summed E-state index contributed by atoms with van der Waals surface area (Å²) in [6.07, 6.45) is 59.7. The van der Waals surface area contributed by atoms with Gasteiger partial charge in [0.05, 0.1) is 34.4 Å². The second kappa shape index (κ2) is 46.3. The van der Waals surface area contributed by atoms with E-state index < -0.39 is 18.1 Å². The van der Waals surface area contributed by atoms with Crippen LogP contribution in [0.4, 0.5) is 0 Å². The van der Waals surface area contributed by atoms with Crippen LogP contribution < -0.4 is 0 Å². The molecule has 0 saturated carbocycles. The number of nitrogens with zero attached hydrogens (tertiary/aromatic N) is 1. The number of likely N-dealkylation sites (N-methyl/N-ethyl adjacent to an activating group) is 1. The molecule has 8 heteroatoms. The Labute approximate surface area is 393 Å². The topological polar surface area (TPSA) is 99.1 Å². The van der Waals surface area contributed by atoms with Gasteiger partial charge in [0.2, 0.25) is 0 Å². The van der Waals surface area contributed by atoms with Crippen molar-refractivity contribution < 1.29 is 38.2 Å². The Morgan fingerprint density at radius 1 is 0.484 bits per heavy atom. The fourth-order valence-corrected chi connectivity index (χ4v) is 7.36. The zero-order chi connectivity index (χ0) is 47.0. The first-order valence-corrected chi connectivity index (χ1v) is 26.0. The van der Waals surface area contributed by atoms with Crippen molar-refractivity contribution in [2.24, 2.45) is 0 Å². The Morgan fingerprint density at radius 2 is 0.891 bits per heavy atom. The highest BCUT2D eigenvalue weighted by molar-refractivity contribution is 5.72. The van der Waals surface area contributed by atoms with Gasteiger partial charge < -0.3 is 23.8 Å². The number of unbranched alkanes of at least 4 members (excludes halogenated alkanes) is 20. The van der Waals surface area contributed by atoms with E-state index in [0.717, 1.165) is 57.8 Å². The predicted octanol–water partition coefficient (Wildman–Crippen LogP) is 15.1. The molecule has 0 heterocycles. The first kappa shape index (κ1) is 60.8. The van der Waals surface area contributed by atoms with Crippen LogP contribution in [0.2, 0.25) is 0 Å². The number of carbonyl (C=O) groups excluding carboxylic acids is 2. The highest BCUT2D eigenvalue weighted by Gasteiger charge is 2.31. The summed E-state index contributed by atoms with van der Waals surface area (Å²) >= 11 is 0. The van der Waals surface area contributed by atoms with Crippen molar-refractivity contribution in [2.45, 2.75) is 225 Å². The molecule has 0 fully saturated rings. The summed E-state index contributed by atoms with van der Waals surface area (Å²) in [6.45, 7) is 4.57. The number of hydrogen-bond acceptors (Lipinski definition) is 6. The third-order valence-corrected chi connectivity index (χ3v) is 11.3. The Morgan fingerprint density at radius 3 is 1.36 bits per heavy atom. The van der Waals surface area contributed by atoms with E-state index in [-0.39, 0.29) is 42.7 Å². The van der Waals surface area contributed by atoms with Crippen molar-refractivity contribution in [3.63, 3.8) is 0 Å². The summed E-state index contributed by atoms with van der Waals surface area (Å²) in [5, 5.41) is 9.65. The van der Waals surface area contributed by atoms with Crippen LogP contribution in [0, 0.1) is 0 Å². The molecule has 64 heavy (non-hydrogen) atoms. The smallest absolute Gasteiger partial charge is 0.362 e. The molecule has 0 bridgehead atoms. The summed E-state index contributed by atoms with van der Waals surface area (Å²) < 4.78 is 17.3. The van der Waals surface area contributed by atoms with Gasteiger partial charge in [-0.3, -0.25) is 9.59 Å². The Hall–Kier alpha value is -3.23. The maximum atomic E-state index is 12.8. The van der Waals surface area contributed by atoms with Crippen LogP contribution in [0.5, 0.6) is 0 Å². The quantitative estimate of drug-likeness (QED) is 0.0281. The van der Waals surface area contributed by atoms with E-state index in [1.165, 1.54) is 116 Å². The van der Waals surface area contributed by atoms with E-state index in [0.29, 0.717) is 19.3 Å². The van der Waals surface area contributed by atoms with Crippen molar-refractivity contribution in [3.8, 4) is 0 Å². The Balaban J connectivity index is 4.29. The number of rotatable bonds is 46. The normalized spacial score (nSPS) is 13.5. The lowest BCUT2D eigenvalue weighted by molar-refractivity contribution is -0.887. The van der Waals surface area contributed by atoms with Crippen LogP contribution in [-0.2, 0) is 28.6 Å². The fourth-order valence-electron chi connectivity index (χ4n) is 7.36. The fraction of sp³-hybridized carbons (Fsp3) is 0.732. The summed E-state index contributed by atoms with van der Waals surface area (Å²) in [6, 6.07) is -0.629. The first-order chi connectivity index (χ1) is 31.1. The van der Waals surface area contributed by atoms with E-state index in [1.807, 2.05) is 21.1 Å². The SMILES string of the molecule is CC/C=C/C/C=C/C/C=C/C/C=C/C/C=C/CCCC(=O)OC(COCCC(C(=O)O)[N+](C)(C)C)COC(=O)CCCCCCCCC/C=C/CCCCCCCCCCCCCC. The number of quaternary nitrogens is 1. The van der Waals surface area contributed by atoms with Crippen molar-refractivity contribution in [1.82, 2.24) is 0 Å². The average Bonchev–Trinajstić information content (AvgIpc) is 3.26. The minimum atomic E-state index is -0.886. The molecule has 0 aromatic carbocycles. The minimum absolute atomic E-state index is 0.0342. The molecular weight excluding hydrogens is 799 g/mol. The van der Waals surface area contributed by atoms with Gasteiger partial charge >= 0.3 is 17.9 Å². The van der Waals surface area contributed by atoms with Crippen LogP contribution in [0.25, 0.3) is 0 Å². The van der Waals surface area contributed by atoms with Crippen LogP contribution >= 0.6 is 0 Å². The van der Waals surface area contributed by atoms with Crippen molar-refractivity contribution in [3.05, 3.63) is 72.9 Å². The summed E-state index contributed by atoms with van der Waals surface area (Å²) in [5.74, 6) is -1.55. The van der Waals surface area contributed by atoms with Crippen LogP contribution in [-0.4, -0.2) is 80.6 Å². The van der Waals surface area contributed by atoms with E-state index in [9.17, 15) is 19.5 Å². The Bertz CT molecular complexity index is 1270. The second-order valence-electron chi connectivity index (χ2n) is 18.4. The molecule has 0 aromatic heterocycles. The molecule has 0 amide bonds. The molecule has 0 saturated heterocycles. The van der Waals surface area contributed by atoms with E-state index >= 15 is 0 Å². The van der Waals surface area contributed by atoms with Gasteiger partial charge in [0.1, 0.15) is 6.61 Å². The first-order valence-electron chi connectivity index (χ1n) is 26.0. The molecule has 2 atom stereocenters. The highest BCUT2D eigenvalue weighted by atomic mass is 16.6. The average molecular weight is 897 g/mol. The monoisotopic (exact) mass is 897 g/mol. The molecule has 1 N–H and O–H groups in total. The van der Waals surface area contributed by atoms with Gasteiger partial charge in [-0.2, -0.15) is 0 Å². The lowest BCUT2D eigenvalue weighted by Gasteiger charge is -2.31. The van der Waals surface area contributed by atoms with Crippen LogP contribution in [0.1, 0.15) is 213 Å². The second-order valence-corrected chi connectivity index (χ2v) is 18.4. The van der Waals surface area contributed by atoms with Crippen molar-refractivity contribution >= 4 is 17.9 Å². The molecule has 0 aliphatic carbocycles. The molecule has 2 unspecified atom stereocenters. The van der Waals surface area contributed by atoms with Gasteiger partial charge in [-0.25, -0.2) is 4.79 Å². The standard InChI is InChI=1S/C56H97NO7/c1-6-8-10-12-14-16-18-20-22-24-25-26-27-28-29-31-32-34-36-38-40-42-44-46-54(58)63-51-52(50-62-49-48-53(56(60)61)57(3,4)5)64-55(59)47-45-43-41-39-37-35-33-30-23-21-19-17-15-13-11-9-7-2/h9,11,15,17,21,23,28-29,33,35,39,41,52-53H,6-8,10,12-14,16,18-20,22,24-27,30-32,34,36-38,40,42-51H2,1-5H3/p+1/b11-9+,17-15+,23-21+,29-28+,35-33+,41-39+. The Kier molecular flexibility index (Phi) is 44.0. The van der Waals surface area contributed by atoms with Gasteiger partial charge in [0.25, 0.3) is 0 Å². The lowest BCUT2D eigenvalue weighted by atomic mass is 10.0. The van der Waals surface area contributed by atoms with Gasteiger partial charge in [-0.15, -0.1) is 0 Å². The van der Waals surface area contributed by atoms with Crippen molar-refractivity contribution in [2.75, 3.05) is 41.0 Å². The minimum Gasteiger partial charge on any atom is -0.477 e. The maximum Gasteiger partial charge on any atom is 0.362 e. The number of esters is 2. The number of hydrogen-bond donors (Lipinski definition) is 1. The molecule has 368 valence electrons. The molecule has 0 spiro atoms. The van der Waals surface area contributed by atoms with E-state index in [4.69, 9.17) is 14.2 Å². The maximum absolute atomic E-state index is 12.8. The molecule has 8 nitrogen and oxygen atoms in total. The predicted molar refractivity (Wildman–Crippen MR) is 270 cm³/mol. The van der Waals surface area contributed by atoms with E-state index in [1.54, 1.807) is 0 Å². The number of aliphatic carboxylic acids is 1. The summed E-state index contributed by atoms with van der Waals surface area (Å²) in [4.78, 5) is 37.1. The van der Waals surface area contributed by atoms with Gasteiger partial charge in [0, 0.05) is 19.3 Å². The molecule has 0 radical (unpaired) electrons. The number of carbonyl (C=O) groups is 3. The van der Waals surface area contributed by atoms with Gasteiger partial charge in [-0.1, -0.05) is 189 Å². The third-order valence-electron chi connectivity index (χ3n) is 11.3. The molecular formula is C56H98NO7+. The van der Waals surface area contributed by atoms with E-state index in [2.05, 4.69) is 86.8 Å².